The molecule has 0 aromatic heterocycles. The van der Waals surface area contributed by atoms with Crippen LogP contribution >= 0.6 is 0 Å². The van der Waals surface area contributed by atoms with Gasteiger partial charge in [0.05, 0.1) is 19.1 Å². The second-order valence-corrected chi connectivity index (χ2v) is 10.9. The van der Waals surface area contributed by atoms with Gasteiger partial charge in [0.1, 0.15) is 0 Å². The molecular formula is C32H62O4. The monoisotopic (exact) mass is 510 g/mol. The molecule has 0 radical (unpaired) electrons. The van der Waals surface area contributed by atoms with E-state index in [0.717, 1.165) is 38.5 Å². The number of carbonyl (C=O) groups is 2. The van der Waals surface area contributed by atoms with Crippen LogP contribution in [0, 0.1) is 5.92 Å². The Morgan fingerprint density at radius 2 is 0.889 bits per heavy atom. The van der Waals surface area contributed by atoms with Gasteiger partial charge in [0, 0.05) is 6.42 Å². The zero-order valence-corrected chi connectivity index (χ0v) is 24.6. The summed E-state index contributed by atoms with van der Waals surface area (Å²) in [6.07, 6.45) is 28.5. The summed E-state index contributed by atoms with van der Waals surface area (Å²) in [5, 5.41) is 0. The van der Waals surface area contributed by atoms with Crippen LogP contribution < -0.4 is 0 Å². The minimum Gasteiger partial charge on any atom is -0.466 e. The standard InChI is InChI=1S/C32H62O4/c1-4-6-8-20-24-28-35-31(33)27-23-19-17-15-13-11-10-12-14-16-18-22-26-30(3)32(34)36-29-25-21-9-7-5-2/h30H,4-29H2,1-3H3. The highest BCUT2D eigenvalue weighted by Gasteiger charge is 2.13. The maximum Gasteiger partial charge on any atom is 0.308 e. The number of hydrogen-bond donors (Lipinski definition) is 0. The van der Waals surface area contributed by atoms with Gasteiger partial charge in [0.2, 0.25) is 0 Å². The molecule has 4 heteroatoms. The van der Waals surface area contributed by atoms with Crippen molar-refractivity contribution in [3.63, 3.8) is 0 Å². The largest absolute Gasteiger partial charge is 0.466 e. The lowest BCUT2D eigenvalue weighted by atomic mass is 10.0. The Labute approximate surface area is 225 Å². The normalized spacial score (nSPS) is 12.0. The Bertz CT molecular complexity index is 477. The molecule has 0 aliphatic heterocycles. The fourth-order valence-corrected chi connectivity index (χ4v) is 4.59. The molecule has 0 rings (SSSR count). The number of ether oxygens (including phenoxy) is 2. The van der Waals surface area contributed by atoms with Gasteiger partial charge in [0.25, 0.3) is 0 Å². The fraction of sp³-hybridized carbons (Fsp3) is 0.938. The number of rotatable bonds is 28. The van der Waals surface area contributed by atoms with E-state index >= 15 is 0 Å². The molecule has 0 aromatic carbocycles. The smallest absolute Gasteiger partial charge is 0.308 e. The molecule has 0 spiro atoms. The predicted molar refractivity (Wildman–Crippen MR) is 153 cm³/mol. The van der Waals surface area contributed by atoms with Gasteiger partial charge in [0.15, 0.2) is 0 Å². The SMILES string of the molecule is CCCCCCCOC(=O)CCCCCCCCCCCCCCC(C)C(=O)OCCCCCCC. The zero-order chi connectivity index (χ0) is 26.5. The van der Waals surface area contributed by atoms with Crippen molar-refractivity contribution < 1.29 is 19.1 Å². The highest BCUT2D eigenvalue weighted by molar-refractivity contribution is 5.71. The minimum absolute atomic E-state index is 0.00131. The summed E-state index contributed by atoms with van der Waals surface area (Å²) < 4.78 is 10.7. The van der Waals surface area contributed by atoms with Gasteiger partial charge in [-0.1, -0.05) is 143 Å². The molecule has 1 unspecified atom stereocenters. The van der Waals surface area contributed by atoms with Crippen LogP contribution in [0.3, 0.4) is 0 Å². The summed E-state index contributed by atoms with van der Waals surface area (Å²) in [5.41, 5.74) is 0. The molecule has 0 fully saturated rings. The maximum absolute atomic E-state index is 12.0. The Hall–Kier alpha value is -1.06. The first kappa shape index (κ1) is 34.9. The topological polar surface area (TPSA) is 52.6 Å². The Morgan fingerprint density at radius 1 is 0.500 bits per heavy atom. The van der Waals surface area contributed by atoms with E-state index in [2.05, 4.69) is 13.8 Å². The van der Waals surface area contributed by atoms with E-state index in [9.17, 15) is 9.59 Å². The fourth-order valence-electron chi connectivity index (χ4n) is 4.59. The second-order valence-electron chi connectivity index (χ2n) is 10.9. The summed E-state index contributed by atoms with van der Waals surface area (Å²) >= 11 is 0. The van der Waals surface area contributed by atoms with Gasteiger partial charge in [-0.05, 0) is 25.7 Å². The van der Waals surface area contributed by atoms with Crippen LogP contribution in [0.1, 0.15) is 175 Å². The van der Waals surface area contributed by atoms with Crippen molar-refractivity contribution in [3.05, 3.63) is 0 Å². The number of carbonyl (C=O) groups excluding carboxylic acids is 2. The van der Waals surface area contributed by atoms with Gasteiger partial charge >= 0.3 is 11.9 Å². The highest BCUT2D eigenvalue weighted by Crippen LogP contribution is 2.16. The molecule has 214 valence electrons. The van der Waals surface area contributed by atoms with Crippen LogP contribution in [-0.4, -0.2) is 25.2 Å². The van der Waals surface area contributed by atoms with Crippen molar-refractivity contribution in [3.8, 4) is 0 Å². The van der Waals surface area contributed by atoms with Crippen molar-refractivity contribution in [2.24, 2.45) is 5.92 Å². The quantitative estimate of drug-likeness (QED) is 0.0776. The summed E-state index contributed by atoms with van der Waals surface area (Å²) in [5.74, 6) is 0.0400. The van der Waals surface area contributed by atoms with Gasteiger partial charge in [-0.3, -0.25) is 9.59 Å². The molecule has 0 aliphatic carbocycles. The van der Waals surface area contributed by atoms with Gasteiger partial charge in [-0.15, -0.1) is 0 Å². The third-order valence-corrected chi connectivity index (χ3v) is 7.17. The average Bonchev–Trinajstić information content (AvgIpc) is 2.88. The third-order valence-electron chi connectivity index (χ3n) is 7.17. The van der Waals surface area contributed by atoms with Crippen LogP contribution in [-0.2, 0) is 19.1 Å². The molecule has 0 heterocycles. The van der Waals surface area contributed by atoms with Gasteiger partial charge in [-0.2, -0.15) is 0 Å². The van der Waals surface area contributed by atoms with Crippen molar-refractivity contribution >= 4 is 11.9 Å². The number of unbranched alkanes of at least 4 members (excludes halogenated alkanes) is 19. The van der Waals surface area contributed by atoms with Crippen LogP contribution in [0.2, 0.25) is 0 Å². The van der Waals surface area contributed by atoms with Gasteiger partial charge < -0.3 is 9.47 Å². The first-order valence-electron chi connectivity index (χ1n) is 15.9. The lowest BCUT2D eigenvalue weighted by Gasteiger charge is -2.11. The molecule has 0 N–H and O–H groups in total. The molecule has 0 amide bonds. The molecule has 1 atom stereocenters. The zero-order valence-electron chi connectivity index (χ0n) is 24.6. The molecule has 0 bridgehead atoms. The Balaban J connectivity index is 3.29. The van der Waals surface area contributed by atoms with Crippen molar-refractivity contribution in [2.75, 3.05) is 13.2 Å². The summed E-state index contributed by atoms with van der Waals surface area (Å²) in [6.45, 7) is 7.65. The summed E-state index contributed by atoms with van der Waals surface area (Å²) in [4.78, 5) is 23.8. The number of esters is 2. The minimum atomic E-state index is -0.00644. The lowest BCUT2D eigenvalue weighted by molar-refractivity contribution is -0.148. The van der Waals surface area contributed by atoms with Crippen molar-refractivity contribution in [2.45, 2.75) is 175 Å². The summed E-state index contributed by atoms with van der Waals surface area (Å²) in [6, 6.07) is 0. The molecule has 0 saturated heterocycles. The van der Waals surface area contributed by atoms with E-state index in [4.69, 9.17) is 9.47 Å². The van der Waals surface area contributed by atoms with E-state index < -0.39 is 0 Å². The van der Waals surface area contributed by atoms with Crippen LogP contribution in [0.25, 0.3) is 0 Å². The summed E-state index contributed by atoms with van der Waals surface area (Å²) in [7, 11) is 0. The molecule has 0 aromatic rings. The third kappa shape index (κ3) is 26.0. The lowest BCUT2D eigenvalue weighted by Crippen LogP contribution is -2.15. The first-order chi connectivity index (χ1) is 17.6. The van der Waals surface area contributed by atoms with E-state index in [1.54, 1.807) is 0 Å². The van der Waals surface area contributed by atoms with Crippen molar-refractivity contribution in [1.29, 1.82) is 0 Å². The Morgan fingerprint density at radius 3 is 1.39 bits per heavy atom. The van der Waals surface area contributed by atoms with E-state index in [-0.39, 0.29) is 17.9 Å². The van der Waals surface area contributed by atoms with E-state index in [1.165, 1.54) is 109 Å². The van der Waals surface area contributed by atoms with E-state index in [1.807, 2.05) is 6.92 Å². The molecule has 4 nitrogen and oxygen atoms in total. The first-order valence-corrected chi connectivity index (χ1v) is 15.9. The maximum atomic E-state index is 12.0. The Kier molecular flexibility index (Phi) is 27.7. The average molecular weight is 511 g/mol. The molecule has 36 heavy (non-hydrogen) atoms. The van der Waals surface area contributed by atoms with E-state index in [0.29, 0.717) is 19.6 Å². The van der Waals surface area contributed by atoms with Crippen molar-refractivity contribution in [1.82, 2.24) is 0 Å². The predicted octanol–water partition coefficient (Wildman–Crippen LogP) is 10.1. The second kappa shape index (κ2) is 28.5. The molecule has 0 saturated carbocycles. The molecular weight excluding hydrogens is 448 g/mol. The highest BCUT2D eigenvalue weighted by atomic mass is 16.5. The van der Waals surface area contributed by atoms with Crippen LogP contribution in [0.15, 0.2) is 0 Å². The van der Waals surface area contributed by atoms with Gasteiger partial charge in [-0.25, -0.2) is 0 Å². The number of hydrogen-bond acceptors (Lipinski definition) is 4. The molecule has 0 aliphatic rings. The van der Waals surface area contributed by atoms with Crippen LogP contribution in [0.4, 0.5) is 0 Å². The van der Waals surface area contributed by atoms with Crippen LogP contribution in [0.5, 0.6) is 0 Å².